The van der Waals surface area contributed by atoms with Crippen LogP contribution in [0.25, 0.3) is 21.9 Å². The van der Waals surface area contributed by atoms with Crippen molar-refractivity contribution in [2.45, 2.75) is 69.4 Å². The number of fused-ring (bicyclic) bond motifs is 2. The highest BCUT2D eigenvalue weighted by atomic mass is 16.5. The van der Waals surface area contributed by atoms with E-state index >= 15 is 0 Å². The Morgan fingerprint density at radius 3 is 2.54 bits per heavy atom. The molecule has 1 atom stereocenters. The molecule has 1 saturated carbocycles. The Kier molecular flexibility index (Phi) is 9.49. The second-order valence-corrected chi connectivity index (χ2v) is 14.9. The van der Waals surface area contributed by atoms with Crippen LogP contribution in [-0.2, 0) is 16.6 Å². The monoisotopic (exact) mass is 729 g/mol. The highest BCUT2D eigenvalue weighted by molar-refractivity contribution is 6.06. The number of ether oxygens (including phenoxy) is 1. The van der Waals surface area contributed by atoms with E-state index in [-0.39, 0.29) is 23.9 Å². The molecule has 3 fully saturated rings. The Morgan fingerprint density at radius 1 is 1.00 bits per heavy atom. The number of anilines is 1. The SMILES string of the molecule is COc1cc2nn([C@H]3CC[C@H](CN4CCC(c5ccc6c(c5)n(C)c(=O)n6C5CCC(=O)NC5=O)CC4)CC3)cc2cc1NC(=O)c1cncc(C#N)c1. The molecule has 5 heterocycles. The largest absolute Gasteiger partial charge is 0.494 e. The molecule has 5 aromatic rings. The van der Waals surface area contributed by atoms with Crippen molar-refractivity contribution in [2.24, 2.45) is 13.0 Å². The Morgan fingerprint density at radius 2 is 1.80 bits per heavy atom. The third-order valence-corrected chi connectivity index (χ3v) is 11.6. The number of likely N-dealkylation sites (tertiary alicyclic amines) is 1. The summed E-state index contributed by atoms with van der Waals surface area (Å²) >= 11 is 0. The van der Waals surface area contributed by atoms with E-state index in [1.165, 1.54) is 24.0 Å². The molecule has 54 heavy (non-hydrogen) atoms. The number of nitrogens with zero attached hydrogens (tertiary/aromatic N) is 7. The van der Waals surface area contributed by atoms with E-state index in [0.29, 0.717) is 46.9 Å². The fraction of sp³-hybridized carbons (Fsp3) is 0.425. The first-order valence-corrected chi connectivity index (χ1v) is 18.7. The minimum Gasteiger partial charge on any atom is -0.494 e. The number of benzene rings is 2. The van der Waals surface area contributed by atoms with Crippen molar-refractivity contribution in [3.05, 3.63) is 82.2 Å². The number of carbonyl (C=O) groups is 3. The molecule has 8 rings (SSSR count). The lowest BCUT2D eigenvalue weighted by Gasteiger charge is -2.36. The number of nitriles is 1. The molecule has 2 aromatic carbocycles. The number of aromatic nitrogens is 5. The summed E-state index contributed by atoms with van der Waals surface area (Å²) in [6.45, 7) is 3.16. The molecule has 1 unspecified atom stereocenters. The van der Waals surface area contributed by atoms with Crippen LogP contribution in [0.4, 0.5) is 5.69 Å². The number of carbonyl (C=O) groups excluding carboxylic acids is 3. The van der Waals surface area contributed by atoms with Crippen molar-refractivity contribution in [2.75, 3.05) is 32.1 Å². The summed E-state index contributed by atoms with van der Waals surface area (Å²) in [6.07, 6.45) is 11.9. The zero-order chi connectivity index (χ0) is 37.5. The molecule has 3 aliphatic rings. The van der Waals surface area contributed by atoms with Gasteiger partial charge in [-0.2, -0.15) is 10.4 Å². The van der Waals surface area contributed by atoms with E-state index in [1.807, 2.05) is 24.3 Å². The average Bonchev–Trinajstić information content (AvgIpc) is 3.72. The number of imidazole rings is 1. The zero-order valence-electron chi connectivity index (χ0n) is 30.5. The average molecular weight is 730 g/mol. The normalized spacial score (nSPS) is 21.2. The molecule has 278 valence electrons. The van der Waals surface area contributed by atoms with Crippen LogP contribution in [0.1, 0.15) is 90.9 Å². The van der Waals surface area contributed by atoms with Crippen LogP contribution < -0.4 is 21.1 Å². The number of hydrogen-bond donors (Lipinski definition) is 2. The number of methoxy groups -OCH3 is 1. The number of hydrogen-bond acceptors (Lipinski definition) is 9. The van der Waals surface area contributed by atoms with Gasteiger partial charge in [-0.1, -0.05) is 6.07 Å². The molecular formula is C40H43N9O5. The van der Waals surface area contributed by atoms with Gasteiger partial charge >= 0.3 is 5.69 Å². The van der Waals surface area contributed by atoms with E-state index in [0.717, 1.165) is 80.1 Å². The number of nitrogens with one attached hydrogen (secondary N) is 2. The van der Waals surface area contributed by atoms with Crippen molar-refractivity contribution in [1.29, 1.82) is 5.26 Å². The Balaban J connectivity index is 0.859. The van der Waals surface area contributed by atoms with Crippen LogP contribution in [0.5, 0.6) is 5.75 Å². The van der Waals surface area contributed by atoms with Gasteiger partial charge < -0.3 is 15.0 Å². The first-order valence-electron chi connectivity index (χ1n) is 18.7. The van der Waals surface area contributed by atoms with Gasteiger partial charge in [0.05, 0.1) is 46.5 Å². The number of piperidine rings is 2. The molecule has 0 spiro atoms. The summed E-state index contributed by atoms with van der Waals surface area (Å²) in [6, 6.07) is 13.0. The number of amides is 3. The third-order valence-electron chi connectivity index (χ3n) is 11.6. The lowest BCUT2D eigenvalue weighted by atomic mass is 9.84. The molecule has 0 bridgehead atoms. The van der Waals surface area contributed by atoms with Crippen molar-refractivity contribution >= 4 is 45.3 Å². The third kappa shape index (κ3) is 6.75. The number of aryl methyl sites for hydroxylation is 1. The lowest BCUT2D eigenvalue weighted by Crippen LogP contribution is -2.44. The molecule has 3 aromatic heterocycles. The van der Waals surface area contributed by atoms with E-state index in [2.05, 4.69) is 43.5 Å². The summed E-state index contributed by atoms with van der Waals surface area (Å²) in [5.41, 5.74) is 4.46. The zero-order valence-corrected chi connectivity index (χ0v) is 30.5. The minimum atomic E-state index is -0.680. The van der Waals surface area contributed by atoms with Crippen LogP contribution in [0.3, 0.4) is 0 Å². The quantitative estimate of drug-likeness (QED) is 0.213. The van der Waals surface area contributed by atoms with Gasteiger partial charge in [-0.3, -0.25) is 38.5 Å². The summed E-state index contributed by atoms with van der Waals surface area (Å²) in [7, 11) is 3.31. The first-order chi connectivity index (χ1) is 26.2. The molecule has 0 radical (unpaired) electrons. The summed E-state index contributed by atoms with van der Waals surface area (Å²) in [5, 5.41) is 20.3. The smallest absolute Gasteiger partial charge is 0.329 e. The highest BCUT2D eigenvalue weighted by Crippen LogP contribution is 2.37. The standard InChI is InChI=1S/C40H43N9O5/c1-46-35-17-27(5-8-33(35)49(40(46)53)34-9-10-37(50)44-39(34)52)26-11-13-47(14-12-26)22-24-3-6-30(7-4-24)48-23-29-16-32(36(54-2)18-31(29)45-48)43-38(51)28-15-25(19-41)20-42-21-28/h5,8,15-18,20-21,23-24,26,30,34H,3-4,6-7,9-14,22H2,1-2H3,(H,43,51)(H,44,50,52)/t24-,30-,34?. The molecule has 2 N–H and O–H groups in total. The Bertz CT molecular complexity index is 2370. The highest BCUT2D eigenvalue weighted by Gasteiger charge is 2.32. The maximum absolute atomic E-state index is 13.2. The molecule has 14 heteroatoms. The molecule has 2 aliphatic heterocycles. The lowest BCUT2D eigenvalue weighted by molar-refractivity contribution is -0.135. The van der Waals surface area contributed by atoms with Gasteiger partial charge in [0.15, 0.2) is 0 Å². The molecular weight excluding hydrogens is 686 g/mol. The maximum Gasteiger partial charge on any atom is 0.329 e. The van der Waals surface area contributed by atoms with Crippen LogP contribution in [-0.4, -0.2) is 73.3 Å². The maximum atomic E-state index is 13.2. The summed E-state index contributed by atoms with van der Waals surface area (Å²) in [5.74, 6) is 0.464. The van der Waals surface area contributed by atoms with Gasteiger partial charge in [0, 0.05) is 50.1 Å². The predicted octanol–water partition coefficient (Wildman–Crippen LogP) is 4.81. The van der Waals surface area contributed by atoms with Crippen LogP contribution in [0, 0.1) is 17.2 Å². The van der Waals surface area contributed by atoms with E-state index in [9.17, 15) is 24.4 Å². The van der Waals surface area contributed by atoms with Gasteiger partial charge in [-0.15, -0.1) is 0 Å². The second kappa shape index (κ2) is 14.5. The van der Waals surface area contributed by atoms with Crippen molar-refractivity contribution in [3.8, 4) is 11.8 Å². The topological polar surface area (TPSA) is 169 Å². The number of pyridine rings is 1. The van der Waals surface area contributed by atoms with Gasteiger partial charge in [0.25, 0.3) is 5.91 Å². The summed E-state index contributed by atoms with van der Waals surface area (Å²) in [4.78, 5) is 57.1. The molecule has 14 nitrogen and oxygen atoms in total. The van der Waals surface area contributed by atoms with E-state index in [4.69, 9.17) is 9.84 Å². The minimum absolute atomic E-state index is 0.223. The van der Waals surface area contributed by atoms with Crippen LogP contribution in [0.15, 0.2) is 59.8 Å². The van der Waals surface area contributed by atoms with Crippen molar-refractivity contribution in [1.82, 2.24) is 34.1 Å². The first kappa shape index (κ1) is 35.2. The van der Waals surface area contributed by atoms with Crippen molar-refractivity contribution in [3.63, 3.8) is 0 Å². The van der Waals surface area contributed by atoms with E-state index in [1.54, 1.807) is 23.3 Å². The Hall–Kier alpha value is -5.81. The fourth-order valence-electron chi connectivity index (χ4n) is 8.62. The fourth-order valence-corrected chi connectivity index (χ4v) is 8.62. The van der Waals surface area contributed by atoms with Crippen LogP contribution >= 0.6 is 0 Å². The Labute approximate surface area is 311 Å². The molecule has 3 amide bonds. The van der Waals surface area contributed by atoms with Crippen LogP contribution in [0.2, 0.25) is 0 Å². The van der Waals surface area contributed by atoms with E-state index < -0.39 is 11.9 Å². The van der Waals surface area contributed by atoms with Gasteiger partial charge in [-0.25, -0.2) is 4.79 Å². The van der Waals surface area contributed by atoms with Gasteiger partial charge in [-0.05, 0) is 99.7 Å². The molecule has 2 saturated heterocycles. The molecule has 1 aliphatic carbocycles. The number of rotatable bonds is 8. The predicted molar refractivity (Wildman–Crippen MR) is 201 cm³/mol. The van der Waals surface area contributed by atoms with Gasteiger partial charge in [0.1, 0.15) is 17.9 Å². The second-order valence-electron chi connectivity index (χ2n) is 14.9. The number of imide groups is 1. The van der Waals surface area contributed by atoms with Gasteiger partial charge in [0.2, 0.25) is 11.8 Å². The summed E-state index contributed by atoms with van der Waals surface area (Å²) < 4.78 is 10.8. The van der Waals surface area contributed by atoms with Crippen molar-refractivity contribution < 1.29 is 19.1 Å².